The lowest BCUT2D eigenvalue weighted by atomic mass is 10.1. The number of nitrogens with one attached hydrogen (secondary N) is 1. The molecule has 0 aliphatic carbocycles. The van der Waals surface area contributed by atoms with Crippen molar-refractivity contribution in [2.75, 3.05) is 38.2 Å². The lowest BCUT2D eigenvalue weighted by Gasteiger charge is -2.22. The fourth-order valence-corrected chi connectivity index (χ4v) is 3.38. The molecule has 1 atom stereocenters. The molecule has 0 radical (unpaired) electrons. The molecule has 6 nitrogen and oxygen atoms in total. The van der Waals surface area contributed by atoms with Crippen LogP contribution in [0.4, 0.5) is 18.9 Å². The summed E-state index contributed by atoms with van der Waals surface area (Å²) in [5.74, 6) is 2.49. The topological polar surface area (TPSA) is 74.7 Å². The van der Waals surface area contributed by atoms with Crippen LogP contribution < -0.4 is 5.32 Å². The molecule has 1 heterocycles. The highest BCUT2D eigenvalue weighted by Gasteiger charge is 2.24. The number of nitrogens with zero attached hydrogens (tertiary/aromatic N) is 2. The molecular formula is C24H31ClF3N3O3. The molecule has 2 rings (SSSR count). The number of pyridine rings is 1. The first-order chi connectivity index (χ1) is 16.1. The Hall–Kier alpha value is -2.38. The second kappa shape index (κ2) is 15.5. The maximum Gasteiger partial charge on any atom is 0.446 e. The Morgan fingerprint density at radius 1 is 1.38 bits per heavy atom. The number of aromatic nitrogens is 1. The summed E-state index contributed by atoms with van der Waals surface area (Å²) in [5, 5.41) is 14.4. The van der Waals surface area contributed by atoms with E-state index in [1.54, 1.807) is 0 Å². The molecule has 0 amide bonds. The maximum atomic E-state index is 10.4. The number of aldehydes is 1. The monoisotopic (exact) mass is 501 g/mol. The van der Waals surface area contributed by atoms with E-state index in [0.717, 1.165) is 54.6 Å². The molecule has 188 valence electrons. The first kappa shape index (κ1) is 29.7. The van der Waals surface area contributed by atoms with Crippen molar-refractivity contribution in [1.29, 1.82) is 0 Å². The number of fused-ring (bicyclic) bond motifs is 1. The number of likely N-dealkylation sites (N-methyl/N-ethyl adjacent to an activating group) is 1. The molecule has 1 aromatic heterocycles. The number of terminal acetylenes is 1. The molecule has 0 aliphatic heterocycles. The van der Waals surface area contributed by atoms with Crippen molar-refractivity contribution in [3.05, 3.63) is 35.0 Å². The normalized spacial score (nSPS) is 12.1. The van der Waals surface area contributed by atoms with E-state index in [2.05, 4.69) is 35.0 Å². The van der Waals surface area contributed by atoms with E-state index in [1.807, 2.05) is 24.4 Å². The van der Waals surface area contributed by atoms with Crippen molar-refractivity contribution in [3.63, 3.8) is 0 Å². The van der Waals surface area contributed by atoms with E-state index >= 15 is 0 Å². The fraction of sp³-hybridized carbons (Fsp3) is 0.500. The van der Waals surface area contributed by atoms with Gasteiger partial charge in [-0.3, -0.25) is 9.78 Å². The number of alkyl halides is 3. The fourth-order valence-electron chi connectivity index (χ4n) is 3.22. The van der Waals surface area contributed by atoms with Crippen molar-refractivity contribution in [2.45, 2.75) is 45.5 Å². The Labute approximate surface area is 203 Å². The molecule has 0 spiro atoms. The van der Waals surface area contributed by atoms with E-state index in [1.165, 1.54) is 0 Å². The minimum Gasteiger partial charge on any atom is -0.395 e. The van der Waals surface area contributed by atoms with Crippen LogP contribution in [-0.2, 0) is 16.1 Å². The molecular weight excluding hydrogens is 471 g/mol. The van der Waals surface area contributed by atoms with Gasteiger partial charge in [0, 0.05) is 34.8 Å². The number of anilines is 1. The number of carbonyl (C=O) groups is 1. The van der Waals surface area contributed by atoms with Crippen molar-refractivity contribution in [1.82, 2.24) is 9.88 Å². The molecule has 34 heavy (non-hydrogen) atoms. The van der Waals surface area contributed by atoms with Gasteiger partial charge in [0.1, 0.15) is 6.61 Å². The van der Waals surface area contributed by atoms with Gasteiger partial charge in [0.2, 0.25) is 6.29 Å². The summed E-state index contributed by atoms with van der Waals surface area (Å²) in [6, 6.07) is 6.01. The summed E-state index contributed by atoms with van der Waals surface area (Å²) in [5.41, 5.74) is 2.85. The van der Waals surface area contributed by atoms with Gasteiger partial charge in [0.15, 0.2) is 0 Å². The number of rotatable bonds is 12. The van der Waals surface area contributed by atoms with Crippen molar-refractivity contribution in [3.8, 4) is 12.3 Å². The molecule has 2 N–H and O–H groups in total. The maximum absolute atomic E-state index is 10.4. The van der Waals surface area contributed by atoms with E-state index in [-0.39, 0.29) is 19.3 Å². The van der Waals surface area contributed by atoms with Crippen LogP contribution in [0.2, 0.25) is 5.02 Å². The Morgan fingerprint density at radius 2 is 2.09 bits per heavy atom. The second-order valence-electron chi connectivity index (χ2n) is 7.52. The Bertz CT molecular complexity index is 935. The predicted molar refractivity (Wildman–Crippen MR) is 129 cm³/mol. The summed E-state index contributed by atoms with van der Waals surface area (Å²) in [4.78, 5) is 15.5. The summed E-state index contributed by atoms with van der Waals surface area (Å²) >= 11 is 6.13. The van der Waals surface area contributed by atoms with Gasteiger partial charge < -0.3 is 20.1 Å². The van der Waals surface area contributed by atoms with Crippen LogP contribution in [0, 0.1) is 12.3 Å². The van der Waals surface area contributed by atoms with Crippen molar-refractivity contribution >= 4 is 34.5 Å². The van der Waals surface area contributed by atoms with Crippen molar-refractivity contribution < 1.29 is 27.8 Å². The van der Waals surface area contributed by atoms with Gasteiger partial charge in [-0.2, -0.15) is 13.2 Å². The third kappa shape index (κ3) is 11.2. The van der Waals surface area contributed by atoms with Crippen LogP contribution >= 0.6 is 11.6 Å². The van der Waals surface area contributed by atoms with Gasteiger partial charge in [-0.25, -0.2) is 0 Å². The first-order valence-corrected chi connectivity index (χ1v) is 11.2. The van der Waals surface area contributed by atoms with Crippen LogP contribution in [0.15, 0.2) is 24.4 Å². The Balaban J connectivity index is 0.000000852. The average Bonchev–Trinajstić information content (AvgIpc) is 2.79. The number of hydrogen-bond donors (Lipinski definition) is 2. The van der Waals surface area contributed by atoms with E-state index in [9.17, 15) is 13.2 Å². The molecule has 0 fully saturated rings. The van der Waals surface area contributed by atoms with Crippen molar-refractivity contribution in [2.24, 2.45) is 0 Å². The highest BCUT2D eigenvalue weighted by atomic mass is 35.5. The number of aliphatic hydroxyl groups excluding tert-OH is 1. The van der Waals surface area contributed by atoms with Gasteiger partial charge in [0.25, 0.3) is 0 Å². The van der Waals surface area contributed by atoms with Crippen LogP contribution in [0.3, 0.4) is 0 Å². The molecule has 0 saturated heterocycles. The molecule has 1 unspecified atom stereocenters. The third-order valence-corrected chi connectivity index (χ3v) is 5.09. The highest BCUT2D eigenvalue weighted by molar-refractivity contribution is 6.31. The smallest absolute Gasteiger partial charge is 0.395 e. The number of carbonyl (C=O) groups excluding carboxylic acids is 1. The van der Waals surface area contributed by atoms with Crippen LogP contribution in [0.1, 0.15) is 32.3 Å². The van der Waals surface area contributed by atoms with Gasteiger partial charge in [-0.1, -0.05) is 24.4 Å². The van der Waals surface area contributed by atoms with E-state index in [4.69, 9.17) is 32.7 Å². The van der Waals surface area contributed by atoms with Gasteiger partial charge in [-0.15, -0.1) is 6.42 Å². The zero-order valence-corrected chi connectivity index (χ0v) is 20.1. The molecule has 10 heteroatoms. The zero-order valence-electron chi connectivity index (χ0n) is 19.4. The number of halogens is 4. The van der Waals surface area contributed by atoms with Gasteiger partial charge in [-0.05, 0) is 51.1 Å². The summed E-state index contributed by atoms with van der Waals surface area (Å²) < 4.78 is 36.8. The number of ether oxygens (including phenoxy) is 1. The Morgan fingerprint density at radius 3 is 2.68 bits per heavy atom. The largest absolute Gasteiger partial charge is 0.446 e. The quantitative estimate of drug-likeness (QED) is 0.250. The standard InChI is InChI=1S/C22H30ClN3O2.C2HF3O/c1-4-13-28-16-18-15-24-21-14-19(23)8-9-20(21)22(18)25-17(3)7-6-10-26(5-2)11-12-27;3-2(4,5)1-6/h1,8-9,14-15,17,27H,5-7,10-13,16H2,2-3H3,(H,24,25);1H. The molecule has 0 aliphatic rings. The lowest BCUT2D eigenvalue weighted by molar-refractivity contribution is -0.156. The molecule has 0 saturated carbocycles. The number of benzene rings is 1. The third-order valence-electron chi connectivity index (χ3n) is 4.85. The number of aliphatic hydroxyl groups is 1. The summed E-state index contributed by atoms with van der Waals surface area (Å²) in [6.45, 7) is 7.84. The average molecular weight is 502 g/mol. The van der Waals surface area contributed by atoms with Gasteiger partial charge in [0.05, 0.1) is 24.4 Å². The van der Waals surface area contributed by atoms with Crippen LogP contribution in [-0.4, -0.2) is 66.3 Å². The zero-order chi connectivity index (χ0) is 25.6. The Kier molecular flexibility index (Phi) is 13.5. The lowest BCUT2D eigenvalue weighted by Crippen LogP contribution is -2.28. The predicted octanol–water partition coefficient (Wildman–Crippen LogP) is 4.68. The summed E-state index contributed by atoms with van der Waals surface area (Å²) in [6.07, 6.45) is 3.49. The van der Waals surface area contributed by atoms with Crippen LogP contribution in [0.5, 0.6) is 0 Å². The molecule has 0 bridgehead atoms. The number of hydrogen-bond acceptors (Lipinski definition) is 6. The minimum absolute atomic E-state index is 0.203. The second-order valence-corrected chi connectivity index (χ2v) is 7.96. The summed E-state index contributed by atoms with van der Waals surface area (Å²) in [7, 11) is 0. The molecule has 2 aromatic rings. The molecule has 1 aromatic carbocycles. The van der Waals surface area contributed by atoms with Gasteiger partial charge >= 0.3 is 6.18 Å². The highest BCUT2D eigenvalue weighted by Crippen LogP contribution is 2.29. The first-order valence-electron chi connectivity index (χ1n) is 10.9. The van der Waals surface area contributed by atoms with E-state index < -0.39 is 12.5 Å². The minimum atomic E-state index is -4.64. The van der Waals surface area contributed by atoms with E-state index in [0.29, 0.717) is 11.6 Å². The SMILES string of the molecule is C#CCOCc1cnc2cc(Cl)ccc2c1NC(C)CCCN(CC)CCO.O=CC(F)(F)F. The van der Waals surface area contributed by atoms with Crippen LogP contribution in [0.25, 0.3) is 10.9 Å².